The summed E-state index contributed by atoms with van der Waals surface area (Å²) in [6, 6.07) is 5.59. The zero-order valence-corrected chi connectivity index (χ0v) is 42.8. The number of nitrogens with zero attached hydrogens (tertiary/aromatic N) is 12. The van der Waals surface area contributed by atoms with E-state index in [1.165, 1.54) is 13.5 Å². The molecule has 404 valence electrons. The Morgan fingerprint density at radius 3 is 2.20 bits per heavy atom. The maximum absolute atomic E-state index is 14.2. The summed E-state index contributed by atoms with van der Waals surface area (Å²) in [5.74, 6) is 3.48. The molecule has 0 saturated carbocycles. The Hall–Kier alpha value is -6.06. The Labute approximate surface area is 429 Å². The Balaban J connectivity index is 0.608. The summed E-state index contributed by atoms with van der Waals surface area (Å²) in [7, 11) is 3.37. The van der Waals surface area contributed by atoms with E-state index in [9.17, 15) is 9.50 Å². The average molecular weight is 1030 g/mol. The van der Waals surface area contributed by atoms with Gasteiger partial charge >= 0.3 is 0 Å². The molecular weight excluding hydrogens is 962 g/mol. The maximum atomic E-state index is 14.2. The van der Waals surface area contributed by atoms with Crippen LogP contribution >= 0.6 is 0 Å². The molecule has 0 aromatic carbocycles. The lowest BCUT2D eigenvalue weighted by atomic mass is 9.99. The number of aliphatic hydroxyl groups excluding tert-OH is 1. The van der Waals surface area contributed by atoms with Crippen LogP contribution in [0.1, 0.15) is 43.7 Å². The molecule has 2 aliphatic rings. The highest BCUT2D eigenvalue weighted by atomic mass is 19.1. The third-order valence-electron chi connectivity index (χ3n) is 12.7. The highest BCUT2D eigenvalue weighted by Gasteiger charge is 2.32. The number of aliphatic hydroxyl groups is 1. The monoisotopic (exact) mass is 1030 g/mol. The first-order chi connectivity index (χ1) is 36.3. The minimum Gasteiger partial charge on any atom is -0.478 e. The average Bonchev–Trinajstić information content (AvgIpc) is 4.21. The number of ether oxygens (including phenoxy) is 8. The number of hydrogen-bond acceptors (Lipinski definition) is 21. The van der Waals surface area contributed by atoms with Crippen LogP contribution in [0, 0.1) is 0 Å². The van der Waals surface area contributed by atoms with Gasteiger partial charge in [-0.05, 0) is 37.7 Å². The van der Waals surface area contributed by atoms with Crippen molar-refractivity contribution in [3.63, 3.8) is 0 Å². The third kappa shape index (κ3) is 14.8. The number of aryl methyl sites for hydroxylation is 2. The van der Waals surface area contributed by atoms with Gasteiger partial charge in [0.2, 0.25) is 11.8 Å². The van der Waals surface area contributed by atoms with Crippen molar-refractivity contribution in [1.29, 1.82) is 0 Å². The largest absolute Gasteiger partial charge is 0.478 e. The van der Waals surface area contributed by atoms with Crippen LogP contribution in [0.5, 0.6) is 11.8 Å². The predicted molar refractivity (Wildman–Crippen MR) is 274 cm³/mol. The van der Waals surface area contributed by atoms with Crippen molar-refractivity contribution < 1.29 is 47.4 Å². The zero-order valence-electron chi connectivity index (χ0n) is 42.8. The second kappa shape index (κ2) is 28.0. The van der Waals surface area contributed by atoms with Gasteiger partial charge in [-0.25, -0.2) is 19.3 Å². The van der Waals surface area contributed by atoms with E-state index >= 15 is 0 Å². The number of halogens is 1. The second-order valence-corrected chi connectivity index (χ2v) is 17.9. The summed E-state index contributed by atoms with van der Waals surface area (Å²) >= 11 is 0. The number of aromatic nitrogens is 10. The number of nitrogens with one attached hydrogen (secondary N) is 2. The fourth-order valence-corrected chi connectivity index (χ4v) is 8.69. The van der Waals surface area contributed by atoms with Gasteiger partial charge in [-0.2, -0.15) is 19.6 Å². The van der Waals surface area contributed by atoms with Crippen LogP contribution in [0.15, 0.2) is 43.1 Å². The summed E-state index contributed by atoms with van der Waals surface area (Å²) in [6.07, 6.45) is 10.9. The lowest BCUT2D eigenvalue weighted by molar-refractivity contribution is -0.0181. The number of rotatable bonds is 33. The van der Waals surface area contributed by atoms with Crippen molar-refractivity contribution in [3.05, 3.63) is 54.2 Å². The first-order valence-corrected chi connectivity index (χ1v) is 25.6. The SMILES string of the molecule is CCc1cnn2c(NCc3ccc(OCCOCCOCCOCCOCCOCCOCCn4cc(Nc5nc(N6C[C@@H](N)[C@H](F)C6)nc6c5ncn6C)c(OC)n4)nc3)cc(N3CCCC[C@@H]3CCO)nc12. The van der Waals surface area contributed by atoms with Crippen molar-refractivity contribution in [3.8, 4) is 11.8 Å². The van der Waals surface area contributed by atoms with Gasteiger partial charge in [-0.15, -0.1) is 5.10 Å². The number of methoxy groups -OCH3 is 1. The molecule has 74 heavy (non-hydrogen) atoms. The van der Waals surface area contributed by atoms with E-state index in [1.807, 2.05) is 29.9 Å². The predicted octanol–water partition coefficient (Wildman–Crippen LogP) is 3.33. The quantitative estimate of drug-likeness (QED) is 0.0431. The first kappa shape index (κ1) is 54.2. The summed E-state index contributed by atoms with van der Waals surface area (Å²) in [5.41, 5.74) is 10.6. The minimum atomic E-state index is -1.16. The van der Waals surface area contributed by atoms with Gasteiger partial charge in [0, 0.05) is 63.2 Å². The normalized spacial score (nSPS) is 17.0. The number of piperidine rings is 1. The van der Waals surface area contributed by atoms with Gasteiger partial charge in [-0.3, -0.25) is 4.68 Å². The van der Waals surface area contributed by atoms with Gasteiger partial charge in [-0.1, -0.05) is 13.0 Å². The van der Waals surface area contributed by atoms with Crippen molar-refractivity contribution in [2.45, 2.75) is 70.4 Å². The van der Waals surface area contributed by atoms with Crippen LogP contribution in [0.25, 0.3) is 16.8 Å². The van der Waals surface area contributed by atoms with Gasteiger partial charge in [0.1, 0.15) is 30.1 Å². The summed E-state index contributed by atoms with van der Waals surface area (Å²) in [4.78, 5) is 27.4. The number of pyridine rings is 1. The fourth-order valence-electron chi connectivity index (χ4n) is 8.69. The van der Waals surface area contributed by atoms with Crippen LogP contribution in [-0.4, -0.2) is 191 Å². The zero-order chi connectivity index (χ0) is 51.5. The number of imidazole rings is 1. The van der Waals surface area contributed by atoms with E-state index in [0.29, 0.717) is 146 Å². The van der Waals surface area contributed by atoms with E-state index in [0.717, 1.165) is 60.6 Å². The Kier molecular flexibility index (Phi) is 20.5. The first-order valence-electron chi connectivity index (χ1n) is 25.6. The molecule has 8 rings (SSSR count). The number of anilines is 5. The molecule has 0 bridgehead atoms. The molecule has 0 aliphatic carbocycles. The second-order valence-electron chi connectivity index (χ2n) is 17.9. The lowest BCUT2D eigenvalue weighted by Gasteiger charge is -2.36. The van der Waals surface area contributed by atoms with E-state index in [-0.39, 0.29) is 19.2 Å². The van der Waals surface area contributed by atoms with E-state index in [2.05, 4.69) is 58.7 Å². The number of nitrogens with two attached hydrogens (primary N) is 1. The molecule has 5 N–H and O–H groups in total. The van der Waals surface area contributed by atoms with Crippen molar-refractivity contribution in [2.75, 3.05) is 140 Å². The lowest BCUT2D eigenvalue weighted by Crippen LogP contribution is -2.40. The molecule has 0 radical (unpaired) electrons. The van der Waals surface area contributed by atoms with Crippen LogP contribution < -0.4 is 35.6 Å². The minimum absolute atomic E-state index is 0.120. The van der Waals surface area contributed by atoms with Gasteiger partial charge in [0.25, 0.3) is 5.88 Å². The van der Waals surface area contributed by atoms with Crippen LogP contribution in [0.4, 0.5) is 33.5 Å². The number of hydrogen-bond donors (Lipinski definition) is 4. The molecule has 25 heteroatoms. The molecule has 6 aromatic heterocycles. The molecule has 0 amide bonds. The van der Waals surface area contributed by atoms with Crippen molar-refractivity contribution in [2.24, 2.45) is 12.8 Å². The van der Waals surface area contributed by atoms with E-state index < -0.39 is 12.2 Å². The standard InChI is InChI=1S/C49H72FN15O9/c1-4-36-30-55-65-41(27-42(57-46(36)65)64-11-6-5-7-37(64)10-13-66)52-28-35-8-9-43(53-29-35)74-26-25-73-24-23-72-22-21-71-20-19-70-18-17-69-16-15-68-14-12-63-33-40(48(60-63)67-3)56-45-44-47(61(2)34-54-44)59-49(58-45)62-31-38(50)39(51)32-62/h8-9,27,29-30,33-34,37-39,52,66H,4-7,10-26,28,31-32,51H2,1-3H3,(H,56,58,59)/t37-,38-,39-/m1/s1. The molecule has 24 nitrogen and oxygen atoms in total. The van der Waals surface area contributed by atoms with Gasteiger partial charge in [0.15, 0.2) is 22.6 Å². The van der Waals surface area contributed by atoms with E-state index in [4.69, 9.17) is 48.6 Å². The molecule has 0 unspecified atom stereocenters. The Bertz CT molecular complexity index is 2610. The highest BCUT2D eigenvalue weighted by molar-refractivity contribution is 5.87. The molecule has 6 aromatic rings. The number of fused-ring (bicyclic) bond motifs is 2. The Morgan fingerprint density at radius 2 is 1.55 bits per heavy atom. The van der Waals surface area contributed by atoms with Crippen LogP contribution in [0.3, 0.4) is 0 Å². The third-order valence-corrected chi connectivity index (χ3v) is 12.7. The van der Waals surface area contributed by atoms with Gasteiger partial charge in [0.05, 0.1) is 124 Å². The van der Waals surface area contributed by atoms with Crippen LogP contribution in [0.2, 0.25) is 0 Å². The topological polar surface area (TPSA) is 255 Å². The molecule has 2 aliphatic heterocycles. The van der Waals surface area contributed by atoms with Gasteiger partial charge < -0.3 is 73.7 Å². The maximum Gasteiger partial charge on any atom is 0.256 e. The Morgan fingerprint density at radius 1 is 0.838 bits per heavy atom. The summed E-state index contributed by atoms with van der Waals surface area (Å²) < 4.78 is 64.8. The summed E-state index contributed by atoms with van der Waals surface area (Å²) in [6.45, 7) is 10.3. The fraction of sp³-hybridized carbons (Fsp3) is 0.612. The van der Waals surface area contributed by atoms with Crippen molar-refractivity contribution in [1.82, 2.24) is 48.9 Å². The number of alkyl halides is 1. The van der Waals surface area contributed by atoms with Crippen molar-refractivity contribution >= 4 is 45.9 Å². The smallest absolute Gasteiger partial charge is 0.256 e. The summed E-state index contributed by atoms with van der Waals surface area (Å²) in [5, 5.41) is 25.7. The molecule has 2 saturated heterocycles. The molecule has 8 heterocycles. The molecule has 0 spiro atoms. The molecular formula is C49H72FN15O9. The van der Waals surface area contributed by atoms with Crippen LogP contribution in [-0.2, 0) is 55.0 Å². The molecule has 3 atom stereocenters. The molecule has 2 fully saturated rings. The van der Waals surface area contributed by atoms with E-state index in [1.54, 1.807) is 32.9 Å². The highest BCUT2D eigenvalue weighted by Crippen LogP contribution is 2.32.